The Morgan fingerprint density at radius 1 is 1.25 bits per heavy atom. The van der Waals surface area contributed by atoms with E-state index in [1.165, 1.54) is 22.3 Å². The standard InChI is InChI=1S/C27H35O4P/c1-7-8-19(4)27-11-12-30-32(31-27)17-29-23-13-20(5)25(21(6)14-23)16-22-9-10-26(28)24(15-22)18(2)3/h7-10,13-15,18,27-28H,4,11-12,16-17H2,1-3,5-6H3/b8-7-/t27-,32-/m0/s1. The molecule has 0 radical (unpaired) electrons. The summed E-state index contributed by atoms with van der Waals surface area (Å²) in [5, 5.41) is 10.1. The minimum atomic E-state index is -1.10. The van der Waals surface area contributed by atoms with Crippen molar-refractivity contribution in [1.82, 2.24) is 0 Å². The van der Waals surface area contributed by atoms with Crippen molar-refractivity contribution < 1.29 is 18.9 Å². The van der Waals surface area contributed by atoms with E-state index >= 15 is 0 Å². The van der Waals surface area contributed by atoms with Gasteiger partial charge in [-0.15, -0.1) is 0 Å². The van der Waals surface area contributed by atoms with Crippen molar-refractivity contribution in [2.45, 2.75) is 59.5 Å². The van der Waals surface area contributed by atoms with Gasteiger partial charge in [0.15, 0.2) is 6.35 Å². The number of ether oxygens (including phenoxy) is 1. The van der Waals surface area contributed by atoms with Crippen molar-refractivity contribution in [3.63, 3.8) is 0 Å². The molecule has 2 aromatic carbocycles. The maximum atomic E-state index is 10.1. The summed E-state index contributed by atoms with van der Waals surface area (Å²) in [6, 6.07) is 10.1. The Balaban J connectivity index is 1.66. The zero-order valence-electron chi connectivity index (χ0n) is 19.9. The summed E-state index contributed by atoms with van der Waals surface area (Å²) in [5.41, 5.74) is 6.84. The van der Waals surface area contributed by atoms with E-state index < -0.39 is 8.38 Å². The average molecular weight is 455 g/mol. The molecule has 1 aliphatic rings. The quantitative estimate of drug-likeness (QED) is 0.336. The predicted molar refractivity (Wildman–Crippen MR) is 133 cm³/mol. The second-order valence-corrected chi connectivity index (χ2v) is 10.0. The fourth-order valence-corrected chi connectivity index (χ4v) is 5.24. The van der Waals surface area contributed by atoms with Gasteiger partial charge in [0.05, 0.1) is 12.7 Å². The Bertz CT molecular complexity index is 957. The van der Waals surface area contributed by atoms with Crippen molar-refractivity contribution in [2.24, 2.45) is 0 Å². The molecule has 3 rings (SSSR count). The van der Waals surface area contributed by atoms with E-state index in [2.05, 4.69) is 52.5 Å². The van der Waals surface area contributed by atoms with Gasteiger partial charge in [0.25, 0.3) is 0 Å². The first kappa shape index (κ1) is 24.5. The second kappa shape index (κ2) is 11.1. The molecular weight excluding hydrogens is 419 g/mol. The molecule has 0 saturated carbocycles. The molecule has 0 bridgehead atoms. The first-order valence-electron chi connectivity index (χ1n) is 11.2. The van der Waals surface area contributed by atoms with Crippen LogP contribution in [0.25, 0.3) is 0 Å². The molecular formula is C27H35O4P. The van der Waals surface area contributed by atoms with Crippen LogP contribution >= 0.6 is 8.38 Å². The van der Waals surface area contributed by atoms with Gasteiger partial charge in [-0.1, -0.05) is 44.7 Å². The van der Waals surface area contributed by atoms with Crippen molar-refractivity contribution >= 4 is 8.38 Å². The lowest BCUT2D eigenvalue weighted by molar-refractivity contribution is 0.124. The number of hydrogen-bond acceptors (Lipinski definition) is 4. The fraction of sp³-hybridized carbons (Fsp3) is 0.407. The van der Waals surface area contributed by atoms with Crippen molar-refractivity contribution in [2.75, 3.05) is 13.0 Å². The minimum Gasteiger partial charge on any atom is -0.508 e. The summed E-state index contributed by atoms with van der Waals surface area (Å²) < 4.78 is 17.9. The molecule has 1 N–H and O–H groups in total. The van der Waals surface area contributed by atoms with Crippen LogP contribution in [0.5, 0.6) is 11.5 Å². The molecule has 1 heterocycles. The summed E-state index contributed by atoms with van der Waals surface area (Å²) in [5.74, 6) is 1.49. The van der Waals surface area contributed by atoms with E-state index in [9.17, 15) is 5.11 Å². The monoisotopic (exact) mass is 454 g/mol. The highest BCUT2D eigenvalue weighted by molar-refractivity contribution is 7.47. The lowest BCUT2D eigenvalue weighted by Crippen LogP contribution is -2.21. The van der Waals surface area contributed by atoms with Crippen LogP contribution in [0.3, 0.4) is 0 Å². The van der Waals surface area contributed by atoms with E-state index in [1.54, 1.807) is 6.07 Å². The molecule has 4 nitrogen and oxygen atoms in total. The molecule has 2 aromatic rings. The van der Waals surface area contributed by atoms with Crippen LogP contribution in [0.2, 0.25) is 0 Å². The van der Waals surface area contributed by atoms with Crippen LogP contribution in [-0.4, -0.2) is 24.2 Å². The minimum absolute atomic E-state index is 0.00143. The van der Waals surface area contributed by atoms with Gasteiger partial charge in [0.2, 0.25) is 8.38 Å². The molecule has 0 unspecified atom stereocenters. The summed E-state index contributed by atoms with van der Waals surface area (Å²) in [4.78, 5) is 0. The number of allylic oxidation sites excluding steroid dienone is 1. The predicted octanol–water partition coefficient (Wildman–Crippen LogP) is 7.31. The maximum Gasteiger partial charge on any atom is 0.211 e. The van der Waals surface area contributed by atoms with Crippen LogP contribution in [0, 0.1) is 13.8 Å². The molecule has 0 amide bonds. The normalized spacial score (nSPS) is 18.9. The van der Waals surface area contributed by atoms with E-state index in [-0.39, 0.29) is 12.0 Å². The molecule has 172 valence electrons. The third-order valence-electron chi connectivity index (χ3n) is 5.76. The molecule has 32 heavy (non-hydrogen) atoms. The number of phenols is 1. The molecule has 1 saturated heterocycles. The number of aryl methyl sites for hydroxylation is 2. The molecule has 0 spiro atoms. The molecule has 5 heteroatoms. The smallest absolute Gasteiger partial charge is 0.211 e. The summed E-state index contributed by atoms with van der Waals surface area (Å²) >= 11 is 0. The fourth-order valence-electron chi connectivity index (χ4n) is 3.95. The van der Waals surface area contributed by atoms with E-state index in [0.29, 0.717) is 18.7 Å². The van der Waals surface area contributed by atoms with E-state index in [0.717, 1.165) is 29.7 Å². The molecule has 1 aliphatic heterocycles. The molecule has 0 aromatic heterocycles. The van der Waals surface area contributed by atoms with Crippen LogP contribution in [-0.2, 0) is 15.5 Å². The third kappa shape index (κ3) is 6.22. The highest BCUT2D eigenvalue weighted by atomic mass is 31.2. The average Bonchev–Trinajstić information content (AvgIpc) is 2.76. The van der Waals surface area contributed by atoms with Crippen LogP contribution < -0.4 is 4.74 Å². The number of rotatable bonds is 8. The van der Waals surface area contributed by atoms with Gasteiger partial charge in [0.1, 0.15) is 11.5 Å². The Hall–Kier alpha value is -2.13. The second-order valence-electron chi connectivity index (χ2n) is 8.66. The Morgan fingerprint density at radius 2 is 1.97 bits per heavy atom. The zero-order valence-corrected chi connectivity index (χ0v) is 20.7. The van der Waals surface area contributed by atoms with Crippen LogP contribution in [0.1, 0.15) is 60.9 Å². The van der Waals surface area contributed by atoms with Gasteiger partial charge in [-0.25, -0.2) is 0 Å². The summed E-state index contributed by atoms with van der Waals surface area (Å²) in [6.07, 6.45) is 6.03. The topological polar surface area (TPSA) is 47.9 Å². The first-order valence-corrected chi connectivity index (χ1v) is 12.6. The van der Waals surface area contributed by atoms with E-state index in [1.807, 2.05) is 25.1 Å². The number of aromatic hydroxyl groups is 1. The van der Waals surface area contributed by atoms with Crippen molar-refractivity contribution in [3.8, 4) is 11.5 Å². The number of hydrogen-bond donors (Lipinski definition) is 1. The molecule has 2 atom stereocenters. The lowest BCUT2D eigenvalue weighted by atomic mass is 9.93. The highest BCUT2D eigenvalue weighted by Crippen LogP contribution is 2.45. The third-order valence-corrected chi connectivity index (χ3v) is 7.06. The number of phenolic OH excluding ortho intramolecular Hbond substituents is 1. The van der Waals surface area contributed by atoms with Crippen molar-refractivity contribution in [1.29, 1.82) is 0 Å². The largest absolute Gasteiger partial charge is 0.508 e. The molecule has 0 aliphatic carbocycles. The van der Waals surface area contributed by atoms with Gasteiger partial charge in [-0.2, -0.15) is 0 Å². The van der Waals surface area contributed by atoms with Crippen molar-refractivity contribution in [3.05, 3.63) is 82.5 Å². The van der Waals surface area contributed by atoms with Crippen LogP contribution in [0.15, 0.2) is 54.6 Å². The summed E-state index contributed by atoms with van der Waals surface area (Å²) in [6.45, 7) is 15.2. The van der Waals surface area contributed by atoms with Crippen LogP contribution in [0.4, 0.5) is 0 Å². The zero-order chi connectivity index (χ0) is 23.3. The summed E-state index contributed by atoms with van der Waals surface area (Å²) in [7, 11) is -1.10. The van der Waals surface area contributed by atoms with Gasteiger partial charge >= 0.3 is 0 Å². The van der Waals surface area contributed by atoms with Gasteiger partial charge < -0.3 is 18.9 Å². The Morgan fingerprint density at radius 3 is 2.62 bits per heavy atom. The Kier molecular flexibility index (Phi) is 8.53. The van der Waals surface area contributed by atoms with Gasteiger partial charge in [0, 0.05) is 6.42 Å². The SMILES string of the molecule is C=C(/C=C\C)[C@@H]1CCO[P@](COc2cc(C)c(Cc3ccc(O)c(C(C)C)c3)c(C)c2)O1. The number of benzene rings is 2. The van der Waals surface area contributed by atoms with E-state index in [4.69, 9.17) is 13.8 Å². The molecule has 1 fully saturated rings. The highest BCUT2D eigenvalue weighted by Gasteiger charge is 2.25. The van der Waals surface area contributed by atoms with Gasteiger partial charge in [-0.05, 0) is 84.7 Å². The maximum absolute atomic E-state index is 10.1. The van der Waals surface area contributed by atoms with Gasteiger partial charge in [-0.3, -0.25) is 0 Å². The first-order chi connectivity index (χ1) is 15.3. The lowest BCUT2D eigenvalue weighted by Gasteiger charge is -2.29. The Labute approximate surface area is 193 Å².